The number of nitrogens with zero attached hydrogens (tertiary/aromatic N) is 2. The van der Waals surface area contributed by atoms with Crippen molar-refractivity contribution in [3.8, 4) is 0 Å². The monoisotopic (exact) mass is 436 g/mol. The van der Waals surface area contributed by atoms with Gasteiger partial charge in [-0.25, -0.2) is 5.43 Å². The first kappa shape index (κ1) is 21.7. The van der Waals surface area contributed by atoms with Crippen molar-refractivity contribution in [3.05, 3.63) is 105 Å². The summed E-state index contributed by atoms with van der Waals surface area (Å²) in [6, 6.07) is 18.9. The summed E-state index contributed by atoms with van der Waals surface area (Å²) >= 11 is 6.06. The molecule has 31 heavy (non-hydrogen) atoms. The number of hydrogen-bond acceptors (Lipinski definition) is 5. The minimum atomic E-state index is -0.540. The number of anilines is 1. The second-order valence-corrected chi connectivity index (χ2v) is 6.86. The largest absolute Gasteiger partial charge is 0.322 e. The molecule has 0 aliphatic rings. The van der Waals surface area contributed by atoms with Crippen molar-refractivity contribution in [2.75, 3.05) is 5.32 Å². The molecular weight excluding hydrogens is 420 g/mol. The van der Waals surface area contributed by atoms with Crippen LogP contribution in [0.4, 0.5) is 11.4 Å². The van der Waals surface area contributed by atoms with E-state index in [2.05, 4.69) is 15.8 Å². The van der Waals surface area contributed by atoms with Gasteiger partial charge in [0.2, 0.25) is 0 Å². The first-order chi connectivity index (χ1) is 14.8. The molecule has 3 aromatic rings. The highest BCUT2D eigenvalue weighted by atomic mass is 35.5. The number of nitro benzene ring substituents is 1. The third kappa shape index (κ3) is 5.52. The number of nitro groups is 1. The minimum absolute atomic E-state index is 0.105. The fourth-order valence-corrected chi connectivity index (χ4v) is 2.89. The molecule has 0 spiro atoms. The molecule has 0 aromatic heterocycles. The molecule has 3 aromatic carbocycles. The third-order valence-corrected chi connectivity index (χ3v) is 4.65. The molecule has 8 nitrogen and oxygen atoms in total. The molecule has 9 heteroatoms. The molecule has 0 atom stereocenters. The Bertz CT molecular complexity index is 1180. The molecule has 3 rings (SSSR count). The molecule has 0 heterocycles. The second-order valence-electron chi connectivity index (χ2n) is 6.46. The molecule has 0 aliphatic carbocycles. The van der Waals surface area contributed by atoms with Gasteiger partial charge in [-0.3, -0.25) is 19.7 Å². The van der Waals surface area contributed by atoms with Gasteiger partial charge in [-0.1, -0.05) is 35.9 Å². The van der Waals surface area contributed by atoms with Gasteiger partial charge >= 0.3 is 0 Å². The van der Waals surface area contributed by atoms with Gasteiger partial charge in [0.15, 0.2) is 0 Å². The maximum atomic E-state index is 12.4. The van der Waals surface area contributed by atoms with Crippen molar-refractivity contribution in [1.29, 1.82) is 0 Å². The number of halogens is 1. The van der Waals surface area contributed by atoms with E-state index in [0.29, 0.717) is 27.5 Å². The lowest BCUT2D eigenvalue weighted by molar-refractivity contribution is -0.384. The highest BCUT2D eigenvalue weighted by Crippen LogP contribution is 2.18. The Balaban J connectivity index is 1.69. The second kappa shape index (κ2) is 9.64. The van der Waals surface area contributed by atoms with Crippen LogP contribution in [0.3, 0.4) is 0 Å². The van der Waals surface area contributed by atoms with E-state index in [0.717, 1.165) is 0 Å². The molecule has 0 bridgehead atoms. The van der Waals surface area contributed by atoms with Crippen LogP contribution in [-0.2, 0) is 0 Å². The van der Waals surface area contributed by atoms with E-state index in [9.17, 15) is 19.7 Å². The number of hydrazone groups is 1. The smallest absolute Gasteiger partial charge is 0.271 e. The molecule has 0 saturated carbocycles. The van der Waals surface area contributed by atoms with E-state index in [1.807, 2.05) is 0 Å². The Morgan fingerprint density at radius 1 is 0.935 bits per heavy atom. The molecular formula is C22H17ClN4O4. The van der Waals surface area contributed by atoms with Crippen LogP contribution in [0.15, 0.2) is 77.9 Å². The normalized spacial score (nSPS) is 11.0. The van der Waals surface area contributed by atoms with Gasteiger partial charge in [-0.05, 0) is 48.9 Å². The van der Waals surface area contributed by atoms with Crippen LogP contribution in [0.2, 0.25) is 5.02 Å². The van der Waals surface area contributed by atoms with Crippen LogP contribution in [0.25, 0.3) is 0 Å². The maximum absolute atomic E-state index is 12.4. The summed E-state index contributed by atoms with van der Waals surface area (Å²) in [6.07, 6.45) is 0. The van der Waals surface area contributed by atoms with Crippen molar-refractivity contribution < 1.29 is 14.5 Å². The molecule has 0 fully saturated rings. The van der Waals surface area contributed by atoms with Crippen LogP contribution in [0, 0.1) is 10.1 Å². The number of carbonyl (C=O) groups excluding carboxylic acids is 2. The fourth-order valence-electron chi connectivity index (χ4n) is 2.66. The zero-order chi connectivity index (χ0) is 22.4. The molecule has 0 saturated heterocycles. The fraction of sp³-hybridized carbons (Fsp3) is 0.0455. The number of amides is 2. The van der Waals surface area contributed by atoms with Crippen molar-refractivity contribution >= 4 is 40.5 Å². The Labute approximate surface area is 182 Å². The van der Waals surface area contributed by atoms with Gasteiger partial charge in [0.05, 0.1) is 21.2 Å². The quantitative estimate of drug-likeness (QED) is 0.332. The number of rotatable bonds is 6. The molecule has 0 radical (unpaired) electrons. The Morgan fingerprint density at radius 3 is 2.32 bits per heavy atom. The van der Waals surface area contributed by atoms with E-state index in [4.69, 9.17) is 11.6 Å². The van der Waals surface area contributed by atoms with Gasteiger partial charge in [-0.2, -0.15) is 5.10 Å². The summed E-state index contributed by atoms with van der Waals surface area (Å²) < 4.78 is 0. The standard InChI is InChI=1S/C22H17ClN4O4/c1-14(25-26-21(28)15-9-11-18(12-10-15)27(30)31)16-5-4-6-17(13-16)24-22(29)19-7-2-3-8-20(19)23/h2-13H,1H3,(H,24,29)(H,26,28). The van der Waals surface area contributed by atoms with E-state index >= 15 is 0 Å². The lowest BCUT2D eigenvalue weighted by Crippen LogP contribution is -2.19. The average Bonchev–Trinajstić information content (AvgIpc) is 2.77. The Hall–Kier alpha value is -4.04. The van der Waals surface area contributed by atoms with Gasteiger partial charge < -0.3 is 5.32 Å². The Morgan fingerprint density at radius 2 is 1.65 bits per heavy atom. The molecule has 0 unspecified atom stereocenters. The van der Waals surface area contributed by atoms with Crippen molar-refractivity contribution in [2.45, 2.75) is 6.92 Å². The van der Waals surface area contributed by atoms with Crippen LogP contribution in [-0.4, -0.2) is 22.4 Å². The van der Waals surface area contributed by atoms with Crippen LogP contribution in [0.5, 0.6) is 0 Å². The summed E-state index contributed by atoms with van der Waals surface area (Å²) in [5, 5.41) is 17.9. The number of benzene rings is 3. The lowest BCUT2D eigenvalue weighted by atomic mass is 10.1. The van der Waals surface area contributed by atoms with Gasteiger partial charge in [-0.15, -0.1) is 0 Å². The highest BCUT2D eigenvalue weighted by Gasteiger charge is 2.11. The summed E-state index contributed by atoms with van der Waals surface area (Å²) in [7, 11) is 0. The maximum Gasteiger partial charge on any atom is 0.271 e. The highest BCUT2D eigenvalue weighted by molar-refractivity contribution is 6.34. The van der Waals surface area contributed by atoms with Crippen LogP contribution in [0.1, 0.15) is 33.2 Å². The molecule has 2 amide bonds. The van der Waals surface area contributed by atoms with E-state index in [1.54, 1.807) is 55.5 Å². The Kier molecular flexibility index (Phi) is 6.74. The van der Waals surface area contributed by atoms with Crippen molar-refractivity contribution in [1.82, 2.24) is 5.43 Å². The number of nitrogens with one attached hydrogen (secondary N) is 2. The first-order valence-corrected chi connectivity index (χ1v) is 9.48. The van der Waals surface area contributed by atoms with Crippen molar-refractivity contribution in [2.24, 2.45) is 5.10 Å². The third-order valence-electron chi connectivity index (χ3n) is 4.32. The van der Waals surface area contributed by atoms with Crippen LogP contribution >= 0.6 is 11.6 Å². The van der Waals surface area contributed by atoms with Crippen LogP contribution < -0.4 is 10.7 Å². The summed E-state index contributed by atoms with van der Waals surface area (Å²) in [6.45, 7) is 1.70. The van der Waals surface area contributed by atoms with Gasteiger partial charge in [0.25, 0.3) is 17.5 Å². The predicted octanol–water partition coefficient (Wildman–Crippen LogP) is 4.65. The molecule has 2 N–H and O–H groups in total. The number of non-ortho nitro benzene ring substituents is 1. The average molecular weight is 437 g/mol. The van der Waals surface area contributed by atoms with Crippen molar-refractivity contribution in [3.63, 3.8) is 0 Å². The number of hydrogen-bond donors (Lipinski definition) is 2. The molecule has 156 valence electrons. The topological polar surface area (TPSA) is 114 Å². The first-order valence-electron chi connectivity index (χ1n) is 9.10. The lowest BCUT2D eigenvalue weighted by Gasteiger charge is -2.09. The SMILES string of the molecule is CC(=NNC(=O)c1ccc([N+](=O)[O-])cc1)c1cccc(NC(=O)c2ccccc2Cl)c1. The number of carbonyl (C=O) groups is 2. The zero-order valence-corrected chi connectivity index (χ0v) is 17.1. The summed E-state index contributed by atoms with van der Waals surface area (Å²) in [4.78, 5) is 34.8. The molecule has 0 aliphatic heterocycles. The van der Waals surface area contributed by atoms with E-state index in [1.165, 1.54) is 24.3 Å². The van der Waals surface area contributed by atoms with Gasteiger partial charge in [0, 0.05) is 23.4 Å². The van der Waals surface area contributed by atoms with E-state index < -0.39 is 10.8 Å². The van der Waals surface area contributed by atoms with Gasteiger partial charge in [0.1, 0.15) is 0 Å². The van der Waals surface area contributed by atoms with E-state index in [-0.39, 0.29) is 17.2 Å². The predicted molar refractivity (Wildman–Crippen MR) is 119 cm³/mol. The summed E-state index contributed by atoms with van der Waals surface area (Å²) in [5.41, 5.74) is 4.63. The zero-order valence-electron chi connectivity index (χ0n) is 16.3. The minimum Gasteiger partial charge on any atom is -0.322 e. The summed E-state index contributed by atoms with van der Waals surface area (Å²) in [5.74, 6) is -0.846.